The standard InChI is InChI=1S/C31H29ClN2OSi/c1-36(2,3)17-16-31(23-12-13-23)28-19-24(32)14-15-29(28)34(30(35)33-31)20-27-25-10-6-4-8-21(25)18-22-9-5-7-11-26(22)27/h4-11,14-15,18-19,23H,12-13,20H2,1-3H3,(H,33,35)/t31-/m1/s1. The SMILES string of the molecule is C[Si](C)(C)C#C[C@]1(C2CC2)NC(=O)N(Cc2c3ccccc3cc3ccccc23)c2ccc(Cl)cc21. The summed E-state index contributed by atoms with van der Waals surface area (Å²) in [6.45, 7) is 7.18. The molecule has 1 saturated carbocycles. The Morgan fingerprint density at radius 1 is 0.972 bits per heavy atom. The van der Waals surface area contributed by atoms with Crippen molar-refractivity contribution in [3.63, 3.8) is 0 Å². The van der Waals surface area contributed by atoms with E-state index in [-0.39, 0.29) is 6.03 Å². The van der Waals surface area contributed by atoms with Crippen LogP contribution in [0.1, 0.15) is 24.0 Å². The highest BCUT2D eigenvalue weighted by Gasteiger charge is 2.52. The van der Waals surface area contributed by atoms with Crippen LogP contribution in [0.3, 0.4) is 0 Å². The van der Waals surface area contributed by atoms with Crippen LogP contribution >= 0.6 is 11.6 Å². The fourth-order valence-corrected chi connectivity index (χ4v) is 6.14. The van der Waals surface area contributed by atoms with Gasteiger partial charge in [-0.2, -0.15) is 0 Å². The fraction of sp³-hybridized carbons (Fsp3) is 0.258. The molecule has 0 unspecified atom stereocenters. The molecule has 0 spiro atoms. The van der Waals surface area contributed by atoms with Crippen molar-refractivity contribution in [2.24, 2.45) is 5.92 Å². The van der Waals surface area contributed by atoms with E-state index in [0.29, 0.717) is 17.5 Å². The molecule has 5 heteroatoms. The van der Waals surface area contributed by atoms with Gasteiger partial charge in [0.15, 0.2) is 0 Å². The van der Waals surface area contributed by atoms with Gasteiger partial charge in [-0.25, -0.2) is 4.79 Å². The Hall–Kier alpha value is -3.26. The van der Waals surface area contributed by atoms with Gasteiger partial charge in [-0.3, -0.25) is 4.90 Å². The molecule has 3 nitrogen and oxygen atoms in total. The van der Waals surface area contributed by atoms with Gasteiger partial charge in [0.05, 0.1) is 12.2 Å². The van der Waals surface area contributed by atoms with Crippen LogP contribution in [0.5, 0.6) is 0 Å². The van der Waals surface area contributed by atoms with Crippen molar-refractivity contribution in [2.45, 2.75) is 44.6 Å². The predicted octanol–water partition coefficient (Wildman–Crippen LogP) is 7.86. The van der Waals surface area contributed by atoms with Gasteiger partial charge in [-0.1, -0.05) is 85.7 Å². The van der Waals surface area contributed by atoms with Crippen molar-refractivity contribution in [1.29, 1.82) is 0 Å². The number of rotatable bonds is 3. The molecular formula is C31H29ClN2OSi. The third-order valence-electron chi connectivity index (χ3n) is 7.25. The van der Waals surface area contributed by atoms with Gasteiger partial charge >= 0.3 is 6.03 Å². The van der Waals surface area contributed by atoms with Crippen LogP contribution in [0, 0.1) is 17.4 Å². The lowest BCUT2D eigenvalue weighted by molar-refractivity contribution is 0.231. The zero-order valence-corrected chi connectivity index (χ0v) is 22.6. The smallest absolute Gasteiger partial charge is 0.317 e. The second-order valence-electron chi connectivity index (χ2n) is 11.1. The van der Waals surface area contributed by atoms with Gasteiger partial charge in [0.2, 0.25) is 0 Å². The molecular weight excluding hydrogens is 480 g/mol. The van der Waals surface area contributed by atoms with E-state index in [1.54, 1.807) is 0 Å². The Bertz CT molecular complexity index is 1540. The van der Waals surface area contributed by atoms with E-state index in [1.807, 2.05) is 23.1 Å². The monoisotopic (exact) mass is 508 g/mol. The zero-order chi connectivity index (χ0) is 25.1. The van der Waals surface area contributed by atoms with Crippen molar-refractivity contribution in [2.75, 3.05) is 4.90 Å². The number of fused-ring (bicyclic) bond motifs is 3. The lowest BCUT2D eigenvalue weighted by Gasteiger charge is -2.42. The molecule has 0 saturated heterocycles. The summed E-state index contributed by atoms with van der Waals surface area (Å²) < 4.78 is 0. The number of carbonyl (C=O) groups excluding carboxylic acids is 1. The molecule has 1 fully saturated rings. The average Bonchev–Trinajstić information content (AvgIpc) is 3.70. The van der Waals surface area contributed by atoms with Crippen LogP contribution in [0.4, 0.5) is 10.5 Å². The molecule has 2 aliphatic rings. The van der Waals surface area contributed by atoms with Crippen LogP contribution in [0.25, 0.3) is 21.5 Å². The van der Waals surface area contributed by atoms with Crippen molar-refractivity contribution in [3.05, 3.63) is 88.9 Å². The van der Waals surface area contributed by atoms with Crippen LogP contribution in [-0.2, 0) is 12.1 Å². The first-order chi connectivity index (χ1) is 17.2. The quantitative estimate of drug-likeness (QED) is 0.170. The summed E-state index contributed by atoms with van der Waals surface area (Å²) in [5.41, 5.74) is 5.94. The first-order valence-corrected chi connectivity index (χ1v) is 16.5. The molecule has 36 heavy (non-hydrogen) atoms. The summed E-state index contributed by atoms with van der Waals surface area (Å²) in [6, 6.07) is 24.9. The van der Waals surface area contributed by atoms with Crippen molar-refractivity contribution < 1.29 is 4.79 Å². The van der Waals surface area contributed by atoms with E-state index in [9.17, 15) is 4.79 Å². The minimum Gasteiger partial charge on any atom is -0.317 e. The van der Waals surface area contributed by atoms with Gasteiger partial charge in [0, 0.05) is 10.6 Å². The Morgan fingerprint density at radius 3 is 2.22 bits per heavy atom. The van der Waals surface area contributed by atoms with E-state index in [0.717, 1.165) is 40.4 Å². The van der Waals surface area contributed by atoms with Gasteiger partial charge in [0.25, 0.3) is 0 Å². The largest absolute Gasteiger partial charge is 0.323 e. The van der Waals surface area contributed by atoms with Crippen molar-refractivity contribution in [1.82, 2.24) is 5.32 Å². The molecule has 1 aliphatic carbocycles. The van der Waals surface area contributed by atoms with Gasteiger partial charge in [-0.15, -0.1) is 5.54 Å². The average molecular weight is 509 g/mol. The van der Waals surface area contributed by atoms with Crippen molar-refractivity contribution in [3.8, 4) is 11.5 Å². The Kier molecular flexibility index (Phi) is 5.40. The summed E-state index contributed by atoms with van der Waals surface area (Å²) in [4.78, 5) is 15.8. The fourth-order valence-electron chi connectivity index (χ4n) is 5.39. The number of benzene rings is 4. The van der Waals surface area contributed by atoms with Gasteiger partial charge in [0.1, 0.15) is 13.6 Å². The maximum atomic E-state index is 13.9. The molecule has 1 N–H and O–H groups in total. The number of hydrogen-bond acceptors (Lipinski definition) is 1. The van der Waals surface area contributed by atoms with E-state index in [2.05, 4.69) is 91.0 Å². The number of nitrogens with zero attached hydrogens (tertiary/aromatic N) is 1. The van der Waals surface area contributed by atoms with E-state index in [4.69, 9.17) is 11.6 Å². The normalized spacial score (nSPS) is 19.6. The maximum Gasteiger partial charge on any atom is 0.323 e. The summed E-state index contributed by atoms with van der Waals surface area (Å²) in [7, 11) is -1.66. The summed E-state index contributed by atoms with van der Waals surface area (Å²) >= 11 is 6.55. The van der Waals surface area contributed by atoms with Crippen LogP contribution in [0.15, 0.2) is 72.8 Å². The number of hydrogen-bond donors (Lipinski definition) is 1. The van der Waals surface area contributed by atoms with Gasteiger partial charge in [-0.05, 0) is 70.1 Å². The maximum absolute atomic E-state index is 13.9. The van der Waals surface area contributed by atoms with Gasteiger partial charge < -0.3 is 5.32 Å². The molecule has 0 aromatic heterocycles. The lowest BCUT2D eigenvalue weighted by atomic mass is 9.82. The number of anilines is 1. The number of amides is 2. The van der Waals surface area contributed by atoms with Crippen LogP contribution in [0.2, 0.25) is 24.7 Å². The molecule has 180 valence electrons. The number of urea groups is 1. The molecule has 4 aromatic rings. The predicted molar refractivity (Wildman–Crippen MR) is 153 cm³/mol. The number of halogens is 1. The summed E-state index contributed by atoms with van der Waals surface area (Å²) in [6.07, 6.45) is 2.11. The van der Waals surface area contributed by atoms with E-state index < -0.39 is 13.6 Å². The van der Waals surface area contributed by atoms with Crippen LogP contribution in [-0.4, -0.2) is 14.1 Å². The second kappa shape index (κ2) is 8.40. The van der Waals surface area contributed by atoms with Crippen LogP contribution < -0.4 is 10.2 Å². The Balaban J connectivity index is 1.54. The Morgan fingerprint density at radius 2 is 1.61 bits per heavy atom. The molecule has 1 aliphatic heterocycles. The third kappa shape index (κ3) is 3.97. The molecule has 6 rings (SSSR count). The van der Waals surface area contributed by atoms with E-state index in [1.165, 1.54) is 10.8 Å². The summed E-state index contributed by atoms with van der Waals surface area (Å²) in [5.74, 6) is 3.90. The van der Waals surface area contributed by atoms with E-state index >= 15 is 0 Å². The molecule has 1 heterocycles. The minimum absolute atomic E-state index is 0.0985. The third-order valence-corrected chi connectivity index (χ3v) is 8.36. The molecule has 4 aromatic carbocycles. The molecule has 0 bridgehead atoms. The zero-order valence-electron chi connectivity index (χ0n) is 20.9. The Labute approximate surface area is 218 Å². The summed E-state index contributed by atoms with van der Waals surface area (Å²) in [5, 5.41) is 8.73. The molecule has 0 radical (unpaired) electrons. The number of carbonyl (C=O) groups is 1. The lowest BCUT2D eigenvalue weighted by Crippen LogP contribution is -2.57. The highest BCUT2D eigenvalue weighted by Crippen LogP contribution is 2.51. The first kappa shape index (κ1) is 23.2. The molecule has 2 amide bonds. The second-order valence-corrected chi connectivity index (χ2v) is 16.2. The van der Waals surface area contributed by atoms with Crippen molar-refractivity contribution >= 4 is 52.9 Å². The minimum atomic E-state index is -1.66. The first-order valence-electron chi connectivity index (χ1n) is 12.6. The molecule has 1 atom stereocenters. The highest BCUT2D eigenvalue weighted by molar-refractivity contribution is 6.83. The highest BCUT2D eigenvalue weighted by atomic mass is 35.5. The topological polar surface area (TPSA) is 32.3 Å². The number of nitrogens with one attached hydrogen (secondary N) is 1.